The molecule has 0 aliphatic carbocycles. The van der Waals surface area contributed by atoms with Crippen molar-refractivity contribution in [1.82, 2.24) is 0 Å². The third kappa shape index (κ3) is 5.61. The second kappa shape index (κ2) is 8.25. The van der Waals surface area contributed by atoms with Crippen LogP contribution in [0.5, 0.6) is 0 Å². The first-order valence-electron chi connectivity index (χ1n) is 6.21. The molecule has 0 aromatic rings. The molecular formula is C12H24O2. The van der Waals surface area contributed by atoms with E-state index in [1.54, 1.807) is 0 Å². The minimum absolute atomic E-state index is 0.384. The summed E-state index contributed by atoms with van der Waals surface area (Å²) in [4.78, 5) is 10.2. The maximum absolute atomic E-state index is 5.21. The Kier molecular flexibility index (Phi) is 7.06. The Morgan fingerprint density at radius 1 is 1.07 bits per heavy atom. The van der Waals surface area contributed by atoms with Crippen LogP contribution in [0.25, 0.3) is 0 Å². The molecule has 0 aromatic heterocycles. The molecular weight excluding hydrogens is 176 g/mol. The molecule has 1 heterocycles. The number of hydrogen-bond acceptors (Lipinski definition) is 2. The minimum Gasteiger partial charge on any atom is -0.236 e. The number of rotatable bonds is 7. The molecule has 0 spiro atoms. The standard InChI is InChI=1S/C12H24O2/c1-2-3-4-5-6-7-9-12-10-8-11-13-14-12/h12H,2-11H2,1H3. The molecule has 0 amide bonds. The van der Waals surface area contributed by atoms with Gasteiger partial charge in [-0.2, -0.15) is 0 Å². The molecule has 0 aromatic carbocycles. The highest BCUT2D eigenvalue weighted by Gasteiger charge is 2.14. The molecule has 1 aliphatic rings. The molecule has 1 saturated heterocycles. The molecule has 2 heteroatoms. The predicted octanol–water partition coefficient (Wildman–Crippen LogP) is 3.85. The van der Waals surface area contributed by atoms with Gasteiger partial charge >= 0.3 is 0 Å². The van der Waals surface area contributed by atoms with Gasteiger partial charge in [-0.25, -0.2) is 9.78 Å². The zero-order valence-corrected chi connectivity index (χ0v) is 9.46. The van der Waals surface area contributed by atoms with Crippen LogP contribution in [0.1, 0.15) is 64.7 Å². The number of hydrogen-bond donors (Lipinski definition) is 0. The van der Waals surface area contributed by atoms with Gasteiger partial charge in [0.25, 0.3) is 0 Å². The van der Waals surface area contributed by atoms with Crippen LogP contribution >= 0.6 is 0 Å². The first-order valence-corrected chi connectivity index (χ1v) is 6.21. The van der Waals surface area contributed by atoms with E-state index in [1.807, 2.05) is 0 Å². The molecule has 0 radical (unpaired) electrons. The molecule has 1 unspecified atom stereocenters. The lowest BCUT2D eigenvalue weighted by Crippen LogP contribution is -2.19. The van der Waals surface area contributed by atoms with E-state index in [-0.39, 0.29) is 0 Å². The molecule has 1 fully saturated rings. The van der Waals surface area contributed by atoms with Crippen molar-refractivity contribution in [1.29, 1.82) is 0 Å². The third-order valence-corrected chi connectivity index (χ3v) is 2.84. The third-order valence-electron chi connectivity index (χ3n) is 2.84. The quantitative estimate of drug-likeness (QED) is 0.459. The lowest BCUT2D eigenvalue weighted by atomic mass is 10.0. The van der Waals surface area contributed by atoms with Gasteiger partial charge in [0.2, 0.25) is 0 Å². The summed E-state index contributed by atoms with van der Waals surface area (Å²) in [6.45, 7) is 3.04. The van der Waals surface area contributed by atoms with Crippen LogP contribution in [0.2, 0.25) is 0 Å². The largest absolute Gasteiger partial charge is 0.236 e. The summed E-state index contributed by atoms with van der Waals surface area (Å²) >= 11 is 0. The maximum atomic E-state index is 5.21. The first kappa shape index (κ1) is 12.0. The second-order valence-electron chi connectivity index (χ2n) is 4.24. The van der Waals surface area contributed by atoms with Crippen LogP contribution in [0.3, 0.4) is 0 Å². The monoisotopic (exact) mass is 200 g/mol. The normalized spacial score (nSPS) is 22.5. The summed E-state index contributed by atoms with van der Waals surface area (Å²) < 4.78 is 0. The fourth-order valence-electron chi connectivity index (χ4n) is 1.91. The Labute approximate surface area is 87.9 Å². The molecule has 2 nitrogen and oxygen atoms in total. The lowest BCUT2D eigenvalue weighted by Gasteiger charge is -2.20. The van der Waals surface area contributed by atoms with Crippen molar-refractivity contribution in [2.45, 2.75) is 70.8 Å². The van der Waals surface area contributed by atoms with Gasteiger partial charge in [-0.3, -0.25) is 0 Å². The van der Waals surface area contributed by atoms with E-state index >= 15 is 0 Å². The van der Waals surface area contributed by atoms with Crippen LogP contribution < -0.4 is 0 Å². The average molecular weight is 200 g/mol. The lowest BCUT2D eigenvalue weighted by molar-refractivity contribution is -0.345. The van der Waals surface area contributed by atoms with Crippen molar-refractivity contribution >= 4 is 0 Å². The van der Waals surface area contributed by atoms with E-state index in [0.29, 0.717) is 6.10 Å². The van der Waals surface area contributed by atoms with Crippen molar-refractivity contribution in [2.75, 3.05) is 6.61 Å². The van der Waals surface area contributed by atoms with Crippen molar-refractivity contribution in [3.8, 4) is 0 Å². The highest BCUT2D eigenvalue weighted by Crippen LogP contribution is 2.17. The van der Waals surface area contributed by atoms with E-state index in [9.17, 15) is 0 Å². The second-order valence-corrected chi connectivity index (χ2v) is 4.24. The van der Waals surface area contributed by atoms with E-state index in [1.165, 1.54) is 57.8 Å². The summed E-state index contributed by atoms with van der Waals surface area (Å²) in [6.07, 6.45) is 12.1. The topological polar surface area (TPSA) is 18.5 Å². The molecule has 14 heavy (non-hydrogen) atoms. The van der Waals surface area contributed by atoms with Crippen molar-refractivity contribution < 1.29 is 9.78 Å². The van der Waals surface area contributed by atoms with E-state index in [2.05, 4.69) is 6.92 Å². The van der Waals surface area contributed by atoms with Crippen LogP contribution in [0.15, 0.2) is 0 Å². The fraction of sp³-hybridized carbons (Fsp3) is 1.00. The summed E-state index contributed by atoms with van der Waals surface area (Å²) in [5.74, 6) is 0. The molecule has 0 N–H and O–H groups in total. The van der Waals surface area contributed by atoms with Gasteiger partial charge in [-0.05, 0) is 19.3 Å². The summed E-state index contributed by atoms with van der Waals surface area (Å²) in [6, 6.07) is 0. The van der Waals surface area contributed by atoms with E-state index < -0.39 is 0 Å². The highest BCUT2D eigenvalue weighted by molar-refractivity contribution is 4.59. The molecule has 1 aliphatic heterocycles. The summed E-state index contributed by atoms with van der Waals surface area (Å²) in [5.41, 5.74) is 0. The Bertz CT molecular complexity index is 119. The van der Waals surface area contributed by atoms with Gasteiger partial charge in [-0.1, -0.05) is 45.4 Å². The van der Waals surface area contributed by atoms with Gasteiger partial charge < -0.3 is 0 Å². The van der Waals surface area contributed by atoms with Gasteiger partial charge in [0.15, 0.2) is 0 Å². The van der Waals surface area contributed by atoms with Crippen molar-refractivity contribution in [3.05, 3.63) is 0 Å². The Morgan fingerprint density at radius 2 is 1.86 bits per heavy atom. The summed E-state index contributed by atoms with van der Waals surface area (Å²) in [7, 11) is 0. The minimum atomic E-state index is 0.384. The van der Waals surface area contributed by atoms with Crippen molar-refractivity contribution in [3.63, 3.8) is 0 Å². The maximum Gasteiger partial charge on any atom is 0.0930 e. The Balaban J connectivity index is 1.82. The zero-order valence-electron chi connectivity index (χ0n) is 9.46. The van der Waals surface area contributed by atoms with Gasteiger partial charge in [0.1, 0.15) is 0 Å². The smallest absolute Gasteiger partial charge is 0.0930 e. The van der Waals surface area contributed by atoms with E-state index in [0.717, 1.165) is 6.61 Å². The molecule has 0 saturated carbocycles. The highest BCUT2D eigenvalue weighted by atomic mass is 17.2. The molecule has 0 bridgehead atoms. The van der Waals surface area contributed by atoms with Gasteiger partial charge in [-0.15, -0.1) is 0 Å². The summed E-state index contributed by atoms with van der Waals surface area (Å²) in [5, 5.41) is 0. The van der Waals surface area contributed by atoms with Gasteiger partial charge in [0.05, 0.1) is 12.7 Å². The average Bonchev–Trinajstić information content (AvgIpc) is 2.25. The Hall–Kier alpha value is -0.0800. The SMILES string of the molecule is CCCCCCCCC1CCCOO1. The Morgan fingerprint density at radius 3 is 2.57 bits per heavy atom. The predicted molar refractivity (Wildman–Crippen MR) is 58.1 cm³/mol. The van der Waals surface area contributed by atoms with Crippen molar-refractivity contribution in [2.24, 2.45) is 0 Å². The fourth-order valence-corrected chi connectivity index (χ4v) is 1.91. The van der Waals surface area contributed by atoms with Crippen LogP contribution in [0.4, 0.5) is 0 Å². The van der Waals surface area contributed by atoms with E-state index in [4.69, 9.17) is 9.78 Å². The van der Waals surface area contributed by atoms with Gasteiger partial charge in [0, 0.05) is 0 Å². The zero-order chi connectivity index (χ0) is 10.1. The molecule has 1 rings (SSSR count). The first-order chi connectivity index (χ1) is 6.93. The molecule has 84 valence electrons. The van der Waals surface area contributed by atoms with Crippen LogP contribution in [-0.2, 0) is 9.78 Å². The van der Waals surface area contributed by atoms with Crippen LogP contribution in [0, 0.1) is 0 Å². The molecule has 1 atom stereocenters. The van der Waals surface area contributed by atoms with Crippen LogP contribution in [-0.4, -0.2) is 12.7 Å². The number of unbranched alkanes of at least 4 members (excludes halogenated alkanes) is 5.